The highest BCUT2D eigenvalue weighted by Crippen LogP contribution is 2.24. The third kappa shape index (κ3) is 5.95. The molecule has 2 N–H and O–H groups in total. The number of amides is 2. The molecule has 30 heavy (non-hydrogen) atoms. The van der Waals surface area contributed by atoms with E-state index in [1.54, 1.807) is 41.8 Å². The molecule has 9 heteroatoms. The molecule has 0 saturated carbocycles. The summed E-state index contributed by atoms with van der Waals surface area (Å²) in [5.41, 5.74) is 0.978. The molecule has 0 unspecified atom stereocenters. The lowest BCUT2D eigenvalue weighted by Gasteiger charge is -2.11. The smallest absolute Gasteiger partial charge is 0.275 e. The zero-order valence-electron chi connectivity index (χ0n) is 16.2. The van der Waals surface area contributed by atoms with Gasteiger partial charge in [0.25, 0.3) is 11.8 Å². The average Bonchev–Trinajstić information content (AvgIpc) is 3.18. The summed E-state index contributed by atoms with van der Waals surface area (Å²) in [5, 5.41) is 8.74. The number of rotatable bonds is 7. The minimum absolute atomic E-state index is 0.00487. The predicted molar refractivity (Wildman–Crippen MR) is 120 cm³/mol. The van der Waals surface area contributed by atoms with Crippen molar-refractivity contribution in [2.75, 3.05) is 5.32 Å². The second kappa shape index (κ2) is 9.93. The molecule has 0 radical (unpaired) electrons. The first kappa shape index (κ1) is 22.1. The molecule has 0 aliphatic heterocycles. The van der Waals surface area contributed by atoms with Gasteiger partial charge in [0.05, 0.1) is 10.7 Å². The maximum absolute atomic E-state index is 12.6. The average molecular weight is 464 g/mol. The van der Waals surface area contributed by atoms with E-state index in [0.717, 1.165) is 0 Å². The van der Waals surface area contributed by atoms with E-state index in [1.165, 1.54) is 17.4 Å². The number of carbonyl (C=O) groups is 2. The topological polar surface area (TPSA) is 80.3 Å². The molecular weight excluding hydrogens is 445 g/mol. The molecule has 1 heterocycles. The predicted octanol–water partition coefficient (Wildman–Crippen LogP) is 5.42. The number of nitrogens with one attached hydrogen (secondary N) is 2. The van der Waals surface area contributed by atoms with E-state index < -0.39 is 5.91 Å². The van der Waals surface area contributed by atoms with Crippen molar-refractivity contribution in [1.29, 1.82) is 0 Å². The van der Waals surface area contributed by atoms with Gasteiger partial charge in [-0.15, -0.1) is 11.3 Å². The first-order chi connectivity index (χ1) is 14.3. The van der Waals surface area contributed by atoms with Crippen LogP contribution in [0, 0.1) is 0 Å². The largest absolute Gasteiger partial charge is 0.486 e. The van der Waals surface area contributed by atoms with Crippen LogP contribution in [-0.4, -0.2) is 22.8 Å². The van der Waals surface area contributed by atoms with E-state index >= 15 is 0 Å². The summed E-state index contributed by atoms with van der Waals surface area (Å²) < 4.78 is 5.64. The van der Waals surface area contributed by atoms with Crippen molar-refractivity contribution in [3.05, 3.63) is 74.2 Å². The number of halogens is 2. The third-order valence-corrected chi connectivity index (χ3v) is 5.26. The number of thiazole rings is 1. The van der Waals surface area contributed by atoms with Crippen LogP contribution in [0.5, 0.6) is 5.75 Å². The number of ether oxygens (including phenoxy) is 1. The summed E-state index contributed by atoms with van der Waals surface area (Å²) in [6.45, 7) is 3.96. The van der Waals surface area contributed by atoms with Gasteiger partial charge in [0.15, 0.2) is 0 Å². The van der Waals surface area contributed by atoms with Crippen molar-refractivity contribution < 1.29 is 14.3 Å². The fourth-order valence-corrected chi connectivity index (χ4v) is 3.43. The lowest BCUT2D eigenvalue weighted by Crippen LogP contribution is -2.30. The first-order valence-electron chi connectivity index (χ1n) is 9.06. The summed E-state index contributed by atoms with van der Waals surface area (Å²) >= 11 is 13.3. The molecule has 3 aromatic rings. The van der Waals surface area contributed by atoms with Crippen molar-refractivity contribution in [1.82, 2.24) is 10.3 Å². The van der Waals surface area contributed by atoms with E-state index in [9.17, 15) is 9.59 Å². The summed E-state index contributed by atoms with van der Waals surface area (Å²) in [4.78, 5) is 29.1. The van der Waals surface area contributed by atoms with Gasteiger partial charge in [-0.25, -0.2) is 4.98 Å². The van der Waals surface area contributed by atoms with E-state index in [4.69, 9.17) is 27.9 Å². The third-order valence-electron chi connectivity index (χ3n) is 3.86. The van der Waals surface area contributed by atoms with Crippen LogP contribution < -0.4 is 15.4 Å². The van der Waals surface area contributed by atoms with Gasteiger partial charge in [-0.2, -0.15) is 0 Å². The van der Waals surface area contributed by atoms with Crippen LogP contribution in [0.4, 0.5) is 5.69 Å². The molecule has 0 atom stereocenters. The van der Waals surface area contributed by atoms with Gasteiger partial charge in [0.2, 0.25) is 0 Å². The Bertz CT molecular complexity index is 1050. The van der Waals surface area contributed by atoms with Gasteiger partial charge < -0.3 is 15.4 Å². The summed E-state index contributed by atoms with van der Waals surface area (Å²) in [7, 11) is 0. The zero-order chi connectivity index (χ0) is 21.7. The Morgan fingerprint density at radius 2 is 1.83 bits per heavy atom. The van der Waals surface area contributed by atoms with Gasteiger partial charge in [0, 0.05) is 22.0 Å². The van der Waals surface area contributed by atoms with E-state index in [1.807, 2.05) is 13.8 Å². The Labute approximate surface area is 188 Å². The normalized spacial score (nSPS) is 10.7. The summed E-state index contributed by atoms with van der Waals surface area (Å²) in [6.07, 6.45) is 0. The highest BCUT2D eigenvalue weighted by Gasteiger charge is 2.15. The number of hydrogen-bond donors (Lipinski definition) is 2. The molecule has 6 nitrogen and oxygen atoms in total. The van der Waals surface area contributed by atoms with Crippen molar-refractivity contribution >= 4 is 52.0 Å². The molecule has 0 saturated heterocycles. The lowest BCUT2D eigenvalue weighted by molar-refractivity contribution is 0.0941. The Morgan fingerprint density at radius 1 is 1.10 bits per heavy atom. The summed E-state index contributed by atoms with van der Waals surface area (Å²) in [6, 6.07) is 11.7. The van der Waals surface area contributed by atoms with Crippen molar-refractivity contribution in [3.63, 3.8) is 0 Å². The molecule has 2 aromatic carbocycles. The number of carbonyl (C=O) groups excluding carboxylic acids is 2. The van der Waals surface area contributed by atoms with Crippen LogP contribution in [0.25, 0.3) is 0 Å². The first-order valence-corrected chi connectivity index (χ1v) is 10.7. The monoisotopic (exact) mass is 463 g/mol. The molecule has 0 fully saturated rings. The standard InChI is InChI=1S/C21H19Cl2N3O3S/c1-12(2)24-20(27)13-3-8-16(23)17(9-13)26-21(28)18-11-30-19(25-18)10-29-15-6-4-14(22)5-7-15/h3-9,11-12H,10H2,1-2H3,(H,24,27)(H,26,28). The van der Waals surface area contributed by atoms with Gasteiger partial charge in [-0.05, 0) is 56.3 Å². The highest BCUT2D eigenvalue weighted by atomic mass is 35.5. The molecule has 0 aliphatic rings. The van der Waals surface area contributed by atoms with Crippen molar-refractivity contribution in [2.24, 2.45) is 0 Å². The quantitative estimate of drug-likeness (QED) is 0.490. The van der Waals surface area contributed by atoms with E-state index in [0.29, 0.717) is 32.1 Å². The molecule has 1 aromatic heterocycles. The number of aromatic nitrogens is 1. The second-order valence-electron chi connectivity index (χ2n) is 6.65. The van der Waals surface area contributed by atoms with E-state index in [2.05, 4.69) is 15.6 Å². The van der Waals surface area contributed by atoms with Gasteiger partial charge in [-0.1, -0.05) is 23.2 Å². The molecule has 0 aliphatic carbocycles. The fourth-order valence-electron chi connectivity index (χ4n) is 2.45. The molecule has 2 amide bonds. The SMILES string of the molecule is CC(C)NC(=O)c1ccc(Cl)c(NC(=O)c2csc(COc3ccc(Cl)cc3)n2)c1. The molecule has 156 valence electrons. The molecule has 3 rings (SSSR count). The van der Waals surface area contributed by atoms with Gasteiger partial charge in [-0.3, -0.25) is 9.59 Å². The minimum Gasteiger partial charge on any atom is -0.486 e. The highest BCUT2D eigenvalue weighted by molar-refractivity contribution is 7.09. The number of benzene rings is 2. The number of anilines is 1. The van der Waals surface area contributed by atoms with Crippen molar-refractivity contribution in [3.8, 4) is 5.75 Å². The van der Waals surface area contributed by atoms with Crippen LogP contribution in [0.3, 0.4) is 0 Å². The molecular formula is C21H19Cl2N3O3S. The van der Waals surface area contributed by atoms with Crippen molar-refractivity contribution in [2.45, 2.75) is 26.5 Å². The van der Waals surface area contributed by atoms with Crippen LogP contribution in [0.2, 0.25) is 10.0 Å². The van der Waals surface area contributed by atoms with E-state index in [-0.39, 0.29) is 24.2 Å². The number of nitrogens with zero attached hydrogens (tertiary/aromatic N) is 1. The second-order valence-corrected chi connectivity index (χ2v) is 8.43. The van der Waals surface area contributed by atoms with Crippen LogP contribution in [0.15, 0.2) is 47.8 Å². The van der Waals surface area contributed by atoms with Crippen LogP contribution in [0.1, 0.15) is 39.7 Å². The molecule has 0 spiro atoms. The zero-order valence-corrected chi connectivity index (χ0v) is 18.6. The van der Waals surface area contributed by atoms with Crippen LogP contribution in [-0.2, 0) is 6.61 Å². The Kier molecular flexibility index (Phi) is 7.31. The van der Waals surface area contributed by atoms with Gasteiger partial charge in [0.1, 0.15) is 23.1 Å². The lowest BCUT2D eigenvalue weighted by atomic mass is 10.1. The molecule has 0 bridgehead atoms. The Balaban J connectivity index is 1.65. The Hall–Kier alpha value is -2.61. The minimum atomic E-state index is -0.424. The fraction of sp³-hybridized carbons (Fsp3) is 0.190. The van der Waals surface area contributed by atoms with Crippen LogP contribution >= 0.6 is 34.5 Å². The maximum atomic E-state index is 12.6. The summed E-state index contributed by atoms with van der Waals surface area (Å²) in [5.74, 6) is -0.0105. The number of hydrogen-bond acceptors (Lipinski definition) is 5. The Morgan fingerprint density at radius 3 is 2.53 bits per heavy atom. The van der Waals surface area contributed by atoms with Gasteiger partial charge >= 0.3 is 0 Å². The maximum Gasteiger partial charge on any atom is 0.275 e.